The molecular weight excluding hydrogens is 604 g/mol. The summed E-state index contributed by atoms with van der Waals surface area (Å²) in [5, 5.41) is 6.32. The first-order valence-electron chi connectivity index (χ1n) is 15.2. The molecule has 13 heteroatoms. The molecule has 244 valence electrons. The van der Waals surface area contributed by atoms with E-state index >= 15 is 0 Å². The largest absolute Gasteiger partial charge is 0.492 e. The van der Waals surface area contributed by atoms with Crippen molar-refractivity contribution >= 4 is 55.7 Å². The molecule has 0 aliphatic carbocycles. The number of aromatic nitrogens is 3. The molecule has 1 saturated heterocycles. The maximum absolute atomic E-state index is 13.7. The standard InChI is InChI=1S/C33H42N8O4S/c1-8-40-13-15-41(16-14-40)28-12-11-24-29(38-28)31(35-20-34-24)36-25-17-22(10-9-21(25)2)32(42)37-26-18-23(33(3,4)5)19-27(30(26)45-6)39-46(7,43)44/h9-12,17-20,39H,8,13-16H2,1-7H3,(H,37,42)(H,34,35,36). The van der Waals surface area contributed by atoms with E-state index < -0.39 is 15.9 Å². The molecule has 1 amide bonds. The lowest BCUT2D eigenvalue weighted by Gasteiger charge is -2.34. The van der Waals surface area contributed by atoms with Crippen molar-refractivity contribution in [3.63, 3.8) is 0 Å². The fraction of sp³-hybridized carbons (Fsp3) is 0.394. The summed E-state index contributed by atoms with van der Waals surface area (Å²) >= 11 is 0. The van der Waals surface area contributed by atoms with Crippen molar-refractivity contribution in [1.82, 2.24) is 19.9 Å². The first-order valence-corrected chi connectivity index (χ1v) is 17.1. The summed E-state index contributed by atoms with van der Waals surface area (Å²) < 4.78 is 32.3. The molecule has 3 heterocycles. The van der Waals surface area contributed by atoms with Gasteiger partial charge in [0.2, 0.25) is 10.0 Å². The molecule has 2 aromatic carbocycles. The van der Waals surface area contributed by atoms with Crippen LogP contribution in [0, 0.1) is 6.92 Å². The minimum absolute atomic E-state index is 0.211. The Hall–Kier alpha value is -4.49. The first-order chi connectivity index (χ1) is 21.8. The monoisotopic (exact) mass is 646 g/mol. The Morgan fingerprint density at radius 1 is 0.978 bits per heavy atom. The van der Waals surface area contributed by atoms with Gasteiger partial charge in [-0.05, 0) is 66.4 Å². The predicted molar refractivity (Wildman–Crippen MR) is 184 cm³/mol. The van der Waals surface area contributed by atoms with E-state index in [1.807, 2.05) is 45.9 Å². The average Bonchev–Trinajstić information content (AvgIpc) is 3.00. The van der Waals surface area contributed by atoms with E-state index in [0.29, 0.717) is 33.8 Å². The number of ether oxygens (including phenoxy) is 1. The van der Waals surface area contributed by atoms with E-state index in [-0.39, 0.29) is 16.9 Å². The molecule has 0 saturated carbocycles. The number of likely N-dealkylation sites (N-methyl/N-ethyl adjacent to an activating group) is 1. The number of benzene rings is 2. The molecule has 1 aliphatic heterocycles. The van der Waals surface area contributed by atoms with Crippen LogP contribution in [0.5, 0.6) is 5.75 Å². The smallest absolute Gasteiger partial charge is 0.255 e. The second kappa shape index (κ2) is 13.1. The molecule has 2 aromatic heterocycles. The van der Waals surface area contributed by atoms with Gasteiger partial charge in [0.05, 0.1) is 30.3 Å². The molecule has 3 N–H and O–H groups in total. The average molecular weight is 647 g/mol. The number of rotatable bonds is 9. The number of hydrogen-bond donors (Lipinski definition) is 3. The van der Waals surface area contributed by atoms with Crippen molar-refractivity contribution in [2.45, 2.75) is 40.0 Å². The molecule has 5 rings (SSSR count). The Morgan fingerprint density at radius 2 is 1.70 bits per heavy atom. The summed E-state index contributed by atoms with van der Waals surface area (Å²) in [4.78, 5) is 32.2. The van der Waals surface area contributed by atoms with E-state index in [2.05, 4.69) is 42.0 Å². The number of methoxy groups -OCH3 is 1. The van der Waals surface area contributed by atoms with Crippen LogP contribution in [0.3, 0.4) is 0 Å². The lowest BCUT2D eigenvalue weighted by molar-refractivity contribution is 0.102. The number of amides is 1. The van der Waals surface area contributed by atoms with Crippen molar-refractivity contribution in [1.29, 1.82) is 0 Å². The van der Waals surface area contributed by atoms with Gasteiger partial charge in [-0.3, -0.25) is 9.52 Å². The van der Waals surface area contributed by atoms with Crippen LogP contribution in [0.1, 0.15) is 49.2 Å². The molecule has 46 heavy (non-hydrogen) atoms. The van der Waals surface area contributed by atoms with E-state index in [0.717, 1.165) is 55.9 Å². The van der Waals surface area contributed by atoms with Gasteiger partial charge in [0.25, 0.3) is 5.91 Å². The van der Waals surface area contributed by atoms with Crippen molar-refractivity contribution in [2.75, 3.05) is 66.3 Å². The third kappa shape index (κ3) is 7.48. The Labute approximate surface area is 270 Å². The van der Waals surface area contributed by atoms with E-state index in [1.165, 1.54) is 13.4 Å². The number of piperazine rings is 1. The number of carbonyl (C=O) groups excluding carboxylic acids is 1. The van der Waals surface area contributed by atoms with Crippen molar-refractivity contribution in [2.24, 2.45) is 0 Å². The van der Waals surface area contributed by atoms with E-state index in [9.17, 15) is 13.2 Å². The minimum Gasteiger partial charge on any atom is -0.492 e. The number of sulfonamides is 1. The van der Waals surface area contributed by atoms with Crippen LogP contribution in [-0.2, 0) is 15.4 Å². The Balaban J connectivity index is 1.44. The third-order valence-corrected chi connectivity index (χ3v) is 8.66. The van der Waals surface area contributed by atoms with Gasteiger partial charge in [-0.15, -0.1) is 0 Å². The van der Waals surface area contributed by atoms with Crippen LogP contribution in [0.15, 0.2) is 48.8 Å². The number of anilines is 5. The van der Waals surface area contributed by atoms with Gasteiger partial charge in [0.1, 0.15) is 17.7 Å². The maximum Gasteiger partial charge on any atom is 0.255 e. The summed E-state index contributed by atoms with van der Waals surface area (Å²) in [7, 11) is -2.18. The zero-order valence-electron chi connectivity index (χ0n) is 27.4. The SMILES string of the molecule is CCN1CCN(c2ccc3ncnc(Nc4cc(C(=O)Nc5cc(C(C)(C)C)cc(NS(C)(=O)=O)c5OC)ccc4C)c3n2)CC1. The molecule has 1 fully saturated rings. The zero-order valence-corrected chi connectivity index (χ0v) is 28.2. The number of pyridine rings is 1. The summed E-state index contributed by atoms with van der Waals surface area (Å²) in [5.41, 5.74) is 4.40. The van der Waals surface area contributed by atoms with Crippen molar-refractivity contribution in [3.05, 3.63) is 65.5 Å². The topological polar surface area (TPSA) is 142 Å². The van der Waals surface area contributed by atoms with E-state index in [1.54, 1.807) is 24.3 Å². The molecule has 0 atom stereocenters. The second-order valence-electron chi connectivity index (χ2n) is 12.5. The Kier molecular flexibility index (Phi) is 9.36. The number of hydrogen-bond acceptors (Lipinski definition) is 10. The Morgan fingerprint density at radius 3 is 2.35 bits per heavy atom. The zero-order chi connectivity index (χ0) is 33.2. The summed E-state index contributed by atoms with van der Waals surface area (Å²) in [6, 6.07) is 12.8. The van der Waals surface area contributed by atoms with Crippen LogP contribution in [0.4, 0.5) is 28.7 Å². The highest BCUT2D eigenvalue weighted by molar-refractivity contribution is 7.92. The van der Waals surface area contributed by atoms with Crippen LogP contribution in [0.25, 0.3) is 11.0 Å². The van der Waals surface area contributed by atoms with Gasteiger partial charge in [-0.2, -0.15) is 0 Å². The summed E-state index contributed by atoms with van der Waals surface area (Å²) in [6.07, 6.45) is 2.56. The summed E-state index contributed by atoms with van der Waals surface area (Å²) in [6.45, 7) is 14.9. The second-order valence-corrected chi connectivity index (χ2v) is 14.3. The molecule has 4 aromatic rings. The predicted octanol–water partition coefficient (Wildman–Crippen LogP) is 5.15. The van der Waals surface area contributed by atoms with Crippen molar-refractivity contribution < 1.29 is 17.9 Å². The number of nitrogens with one attached hydrogen (secondary N) is 3. The summed E-state index contributed by atoms with van der Waals surface area (Å²) in [5.74, 6) is 1.23. The molecule has 12 nitrogen and oxygen atoms in total. The highest BCUT2D eigenvalue weighted by Crippen LogP contribution is 2.39. The number of aryl methyl sites for hydroxylation is 1. The lowest BCUT2D eigenvalue weighted by atomic mass is 9.86. The van der Waals surface area contributed by atoms with Gasteiger partial charge >= 0.3 is 0 Å². The van der Waals surface area contributed by atoms with Gasteiger partial charge in [0.15, 0.2) is 11.6 Å². The first kappa shape index (κ1) is 32.9. The van der Waals surface area contributed by atoms with Crippen LogP contribution in [0.2, 0.25) is 0 Å². The number of carbonyl (C=O) groups is 1. The lowest BCUT2D eigenvalue weighted by Crippen LogP contribution is -2.46. The van der Waals surface area contributed by atoms with Gasteiger partial charge < -0.3 is 25.2 Å². The van der Waals surface area contributed by atoms with Crippen molar-refractivity contribution in [3.8, 4) is 5.75 Å². The number of fused-ring (bicyclic) bond motifs is 1. The van der Waals surface area contributed by atoms with Crippen LogP contribution in [-0.4, -0.2) is 80.3 Å². The maximum atomic E-state index is 13.7. The molecule has 0 unspecified atom stereocenters. The molecule has 1 aliphatic rings. The minimum atomic E-state index is -3.61. The molecular formula is C33H42N8O4S. The normalized spacial score (nSPS) is 14.3. The fourth-order valence-corrected chi connectivity index (χ4v) is 5.91. The molecule has 0 bridgehead atoms. The fourth-order valence-electron chi connectivity index (χ4n) is 5.36. The molecule has 0 spiro atoms. The Bertz CT molecular complexity index is 1870. The van der Waals surface area contributed by atoms with E-state index in [4.69, 9.17) is 9.72 Å². The van der Waals surface area contributed by atoms with Crippen LogP contribution < -0.4 is 25.0 Å². The van der Waals surface area contributed by atoms with Gasteiger partial charge in [0, 0.05) is 37.4 Å². The third-order valence-electron chi connectivity index (χ3n) is 8.07. The highest BCUT2D eigenvalue weighted by atomic mass is 32.2. The van der Waals surface area contributed by atoms with Crippen LogP contribution >= 0.6 is 0 Å². The quantitative estimate of drug-likeness (QED) is 0.224. The highest BCUT2D eigenvalue weighted by Gasteiger charge is 2.23. The molecule has 0 radical (unpaired) electrons. The van der Waals surface area contributed by atoms with Gasteiger partial charge in [-0.1, -0.05) is 33.8 Å². The number of nitrogens with zero attached hydrogens (tertiary/aromatic N) is 5. The van der Waals surface area contributed by atoms with Gasteiger partial charge in [-0.25, -0.2) is 23.4 Å².